The van der Waals surface area contributed by atoms with E-state index in [9.17, 15) is 14.4 Å². The Morgan fingerprint density at radius 3 is 2.56 bits per heavy atom. The summed E-state index contributed by atoms with van der Waals surface area (Å²) in [5, 5.41) is -0.104. The number of hydrogen-bond donors (Lipinski definition) is 0. The molecule has 0 spiro atoms. The second-order valence-corrected chi connectivity index (χ2v) is 6.35. The number of imide groups is 1. The van der Waals surface area contributed by atoms with Crippen molar-refractivity contribution in [3.05, 3.63) is 48.3 Å². The predicted octanol–water partition coefficient (Wildman–Crippen LogP) is 2.08. The summed E-state index contributed by atoms with van der Waals surface area (Å²) in [6.45, 7) is 2.01. The molecule has 8 heteroatoms. The van der Waals surface area contributed by atoms with Crippen LogP contribution < -0.4 is 4.90 Å². The molecule has 2 aromatic rings. The summed E-state index contributed by atoms with van der Waals surface area (Å²) in [5.74, 6) is -1.04. The second kappa shape index (κ2) is 7.43. The van der Waals surface area contributed by atoms with E-state index in [0.29, 0.717) is 16.4 Å². The Morgan fingerprint density at radius 2 is 1.92 bits per heavy atom. The molecule has 25 heavy (non-hydrogen) atoms. The lowest BCUT2D eigenvalue weighted by atomic mass is 10.2. The summed E-state index contributed by atoms with van der Waals surface area (Å²) >= 11 is 1.17. The van der Waals surface area contributed by atoms with Gasteiger partial charge in [-0.05, 0) is 37.3 Å². The predicted molar refractivity (Wildman–Crippen MR) is 91.2 cm³/mol. The summed E-state index contributed by atoms with van der Waals surface area (Å²) in [4.78, 5) is 45.8. The topological polar surface area (TPSA) is 89.5 Å². The minimum atomic E-state index is -0.556. The van der Waals surface area contributed by atoms with E-state index in [-0.39, 0.29) is 24.8 Å². The van der Waals surface area contributed by atoms with Gasteiger partial charge in [-0.15, -0.1) is 0 Å². The van der Waals surface area contributed by atoms with Gasteiger partial charge in [-0.2, -0.15) is 0 Å². The van der Waals surface area contributed by atoms with E-state index in [1.165, 1.54) is 23.9 Å². The Bertz CT molecular complexity index is 795. The zero-order valence-electron chi connectivity index (χ0n) is 13.4. The summed E-state index contributed by atoms with van der Waals surface area (Å²) in [5.41, 5.74) is 0.799. The summed E-state index contributed by atoms with van der Waals surface area (Å²) in [6, 6.07) is 7.88. The first kappa shape index (κ1) is 17.1. The Hall–Kier alpha value is -2.74. The van der Waals surface area contributed by atoms with Crippen LogP contribution in [0.15, 0.2) is 47.9 Å². The van der Waals surface area contributed by atoms with Crippen LogP contribution in [0.4, 0.5) is 5.69 Å². The SMILES string of the molecule is CCOC(=O)c1ccc(N2C(=O)C[C@H](Sc3ncccn3)C2=O)cc1. The molecule has 1 saturated heterocycles. The highest BCUT2D eigenvalue weighted by molar-refractivity contribution is 8.00. The monoisotopic (exact) mass is 357 g/mol. The van der Waals surface area contributed by atoms with Crippen molar-refractivity contribution < 1.29 is 19.1 Å². The molecule has 0 radical (unpaired) electrons. The third-order valence-electron chi connectivity index (χ3n) is 3.53. The van der Waals surface area contributed by atoms with Crippen molar-refractivity contribution in [1.82, 2.24) is 9.97 Å². The van der Waals surface area contributed by atoms with Gasteiger partial charge in [0.2, 0.25) is 11.8 Å². The van der Waals surface area contributed by atoms with Gasteiger partial charge in [0, 0.05) is 18.8 Å². The fourth-order valence-electron chi connectivity index (χ4n) is 2.40. The highest BCUT2D eigenvalue weighted by Gasteiger charge is 2.40. The average molecular weight is 357 g/mol. The van der Waals surface area contributed by atoms with Gasteiger partial charge in [0.05, 0.1) is 17.9 Å². The number of carbonyl (C=O) groups excluding carboxylic acids is 3. The maximum absolute atomic E-state index is 12.6. The smallest absolute Gasteiger partial charge is 0.338 e. The molecule has 0 bridgehead atoms. The summed E-state index contributed by atoms with van der Waals surface area (Å²) < 4.78 is 4.92. The molecule has 1 aromatic carbocycles. The number of thioether (sulfide) groups is 1. The number of rotatable bonds is 5. The van der Waals surface area contributed by atoms with Gasteiger partial charge in [0.1, 0.15) is 5.25 Å². The highest BCUT2D eigenvalue weighted by atomic mass is 32.2. The largest absolute Gasteiger partial charge is 0.462 e. The first-order chi connectivity index (χ1) is 12.1. The van der Waals surface area contributed by atoms with E-state index >= 15 is 0 Å². The van der Waals surface area contributed by atoms with Crippen LogP contribution in [0, 0.1) is 0 Å². The van der Waals surface area contributed by atoms with Crippen LogP contribution in [0.1, 0.15) is 23.7 Å². The molecule has 3 rings (SSSR count). The van der Waals surface area contributed by atoms with Gasteiger partial charge >= 0.3 is 5.97 Å². The molecule has 2 amide bonds. The fourth-order valence-corrected chi connectivity index (χ4v) is 3.33. The molecule has 1 aliphatic rings. The Labute approximate surface area is 148 Å². The number of ether oxygens (including phenoxy) is 1. The standard InChI is InChI=1S/C17H15N3O4S/c1-2-24-16(23)11-4-6-12(7-5-11)20-14(21)10-13(15(20)22)25-17-18-8-3-9-19-17/h3-9,13H,2,10H2,1H3/t13-/m0/s1. The van der Waals surface area contributed by atoms with E-state index in [2.05, 4.69) is 9.97 Å². The van der Waals surface area contributed by atoms with E-state index in [4.69, 9.17) is 4.74 Å². The van der Waals surface area contributed by atoms with Gasteiger partial charge < -0.3 is 4.74 Å². The second-order valence-electron chi connectivity index (χ2n) is 5.18. The van der Waals surface area contributed by atoms with Crippen LogP contribution in [0.3, 0.4) is 0 Å². The number of esters is 1. The first-order valence-electron chi connectivity index (χ1n) is 7.68. The zero-order valence-corrected chi connectivity index (χ0v) is 14.2. The summed E-state index contributed by atoms with van der Waals surface area (Å²) in [7, 11) is 0. The third-order valence-corrected chi connectivity index (χ3v) is 4.61. The Balaban J connectivity index is 1.75. The van der Waals surface area contributed by atoms with Gasteiger partial charge in [-0.1, -0.05) is 11.8 Å². The average Bonchev–Trinajstić information content (AvgIpc) is 2.90. The van der Waals surface area contributed by atoms with E-state index in [0.717, 1.165) is 4.90 Å². The minimum Gasteiger partial charge on any atom is -0.462 e. The van der Waals surface area contributed by atoms with Crippen LogP contribution in [-0.2, 0) is 14.3 Å². The number of anilines is 1. The molecule has 0 N–H and O–H groups in total. The number of benzene rings is 1. The van der Waals surface area contributed by atoms with Crippen molar-refractivity contribution in [2.75, 3.05) is 11.5 Å². The summed E-state index contributed by atoms with van der Waals surface area (Å²) in [6.07, 6.45) is 3.26. The first-order valence-corrected chi connectivity index (χ1v) is 8.55. The quantitative estimate of drug-likeness (QED) is 0.460. The molecule has 128 valence electrons. The molecule has 0 unspecified atom stereocenters. The molecule has 1 aliphatic heterocycles. The number of aromatic nitrogens is 2. The van der Waals surface area contributed by atoms with Crippen molar-refractivity contribution in [3.8, 4) is 0 Å². The van der Waals surface area contributed by atoms with Crippen molar-refractivity contribution in [2.45, 2.75) is 23.8 Å². The maximum Gasteiger partial charge on any atom is 0.338 e. The van der Waals surface area contributed by atoms with Crippen molar-refractivity contribution >= 4 is 35.2 Å². The molecule has 0 saturated carbocycles. The lowest BCUT2D eigenvalue weighted by Gasteiger charge is -2.15. The molecule has 2 heterocycles. The molecule has 0 aliphatic carbocycles. The van der Waals surface area contributed by atoms with Crippen molar-refractivity contribution in [1.29, 1.82) is 0 Å². The maximum atomic E-state index is 12.6. The van der Waals surface area contributed by atoms with Gasteiger partial charge in [0.15, 0.2) is 5.16 Å². The third kappa shape index (κ3) is 3.69. The lowest BCUT2D eigenvalue weighted by Crippen LogP contribution is -2.31. The van der Waals surface area contributed by atoms with Crippen LogP contribution in [0.2, 0.25) is 0 Å². The minimum absolute atomic E-state index is 0.0847. The Morgan fingerprint density at radius 1 is 1.24 bits per heavy atom. The van der Waals surface area contributed by atoms with E-state index in [1.54, 1.807) is 37.5 Å². The normalized spacial score (nSPS) is 17.0. The molecular weight excluding hydrogens is 342 g/mol. The molecule has 7 nitrogen and oxygen atoms in total. The molecule has 1 aromatic heterocycles. The van der Waals surface area contributed by atoms with Crippen molar-refractivity contribution in [2.24, 2.45) is 0 Å². The van der Waals surface area contributed by atoms with E-state index < -0.39 is 11.2 Å². The highest BCUT2D eigenvalue weighted by Crippen LogP contribution is 2.32. The van der Waals surface area contributed by atoms with Gasteiger partial charge in [-0.3, -0.25) is 9.59 Å². The molecular formula is C17H15N3O4S. The van der Waals surface area contributed by atoms with Crippen LogP contribution in [0.25, 0.3) is 0 Å². The molecule has 1 fully saturated rings. The van der Waals surface area contributed by atoms with Crippen LogP contribution in [0.5, 0.6) is 0 Å². The van der Waals surface area contributed by atoms with Crippen LogP contribution >= 0.6 is 11.8 Å². The lowest BCUT2D eigenvalue weighted by molar-refractivity contribution is -0.121. The fraction of sp³-hybridized carbons (Fsp3) is 0.235. The Kier molecular flexibility index (Phi) is 5.08. The van der Waals surface area contributed by atoms with Gasteiger partial charge in [0.25, 0.3) is 0 Å². The zero-order chi connectivity index (χ0) is 17.8. The number of hydrogen-bond acceptors (Lipinski definition) is 7. The van der Waals surface area contributed by atoms with Gasteiger partial charge in [-0.25, -0.2) is 19.7 Å². The number of carbonyl (C=O) groups is 3. The van der Waals surface area contributed by atoms with E-state index in [1.807, 2.05) is 0 Å². The number of nitrogens with zero attached hydrogens (tertiary/aromatic N) is 3. The van der Waals surface area contributed by atoms with Crippen LogP contribution in [-0.4, -0.2) is 39.6 Å². The number of amides is 2. The van der Waals surface area contributed by atoms with Crippen molar-refractivity contribution in [3.63, 3.8) is 0 Å². The molecule has 1 atom stereocenters.